The van der Waals surface area contributed by atoms with Crippen molar-refractivity contribution in [1.82, 2.24) is 4.98 Å². The van der Waals surface area contributed by atoms with Crippen molar-refractivity contribution in [2.24, 2.45) is 0 Å². The molecule has 3 heteroatoms. The van der Waals surface area contributed by atoms with Gasteiger partial charge in [-0.25, -0.2) is 9.37 Å². The summed E-state index contributed by atoms with van der Waals surface area (Å²) in [7, 11) is 0. The fourth-order valence-electron chi connectivity index (χ4n) is 1.98. The highest BCUT2D eigenvalue weighted by Crippen LogP contribution is 2.27. The molecule has 2 N–H and O–H groups in total. The minimum Gasteiger partial charge on any atom is -0.396 e. The summed E-state index contributed by atoms with van der Waals surface area (Å²) in [6, 6.07) is 16.4. The lowest BCUT2D eigenvalue weighted by atomic mass is 10.1. The average molecular weight is 238 g/mol. The maximum absolute atomic E-state index is 13.4. The van der Waals surface area contributed by atoms with Gasteiger partial charge in [0.1, 0.15) is 5.82 Å². The topological polar surface area (TPSA) is 38.9 Å². The average Bonchev–Trinajstić information content (AvgIpc) is 2.41. The third kappa shape index (κ3) is 1.70. The van der Waals surface area contributed by atoms with Crippen LogP contribution in [-0.2, 0) is 0 Å². The van der Waals surface area contributed by atoms with Crippen molar-refractivity contribution in [1.29, 1.82) is 0 Å². The van der Waals surface area contributed by atoms with Crippen molar-refractivity contribution < 1.29 is 4.39 Å². The standard InChI is InChI=1S/C15H11FN2/c16-12-6-3-5-11(15(12)17)14-9-8-10-4-1-2-7-13(10)18-14/h1-9H,17H2. The van der Waals surface area contributed by atoms with Crippen LogP contribution in [0.5, 0.6) is 0 Å². The number of para-hydroxylation sites is 2. The van der Waals surface area contributed by atoms with E-state index in [1.165, 1.54) is 6.07 Å². The minimum atomic E-state index is -0.414. The summed E-state index contributed by atoms with van der Waals surface area (Å²) >= 11 is 0. The third-order valence-electron chi connectivity index (χ3n) is 2.93. The van der Waals surface area contributed by atoms with Crippen molar-refractivity contribution in [2.75, 3.05) is 5.73 Å². The van der Waals surface area contributed by atoms with Crippen LogP contribution in [0.1, 0.15) is 0 Å². The summed E-state index contributed by atoms with van der Waals surface area (Å²) in [6.45, 7) is 0. The number of hydrogen-bond donors (Lipinski definition) is 1. The fourth-order valence-corrected chi connectivity index (χ4v) is 1.98. The van der Waals surface area contributed by atoms with Gasteiger partial charge >= 0.3 is 0 Å². The molecule has 0 aliphatic rings. The Kier molecular flexibility index (Phi) is 2.45. The number of hydrogen-bond acceptors (Lipinski definition) is 2. The first-order chi connectivity index (χ1) is 8.75. The van der Waals surface area contributed by atoms with Gasteiger partial charge in [-0.3, -0.25) is 0 Å². The predicted octanol–water partition coefficient (Wildman–Crippen LogP) is 3.62. The molecule has 0 spiro atoms. The van der Waals surface area contributed by atoms with Crippen LogP contribution < -0.4 is 5.73 Å². The van der Waals surface area contributed by atoms with Crippen LogP contribution >= 0.6 is 0 Å². The summed E-state index contributed by atoms with van der Waals surface area (Å²) in [5, 5.41) is 1.05. The summed E-state index contributed by atoms with van der Waals surface area (Å²) in [4.78, 5) is 4.50. The van der Waals surface area contributed by atoms with Crippen LogP contribution in [0.4, 0.5) is 10.1 Å². The van der Waals surface area contributed by atoms with Gasteiger partial charge in [0.15, 0.2) is 0 Å². The van der Waals surface area contributed by atoms with Crippen molar-refractivity contribution in [2.45, 2.75) is 0 Å². The van der Waals surface area contributed by atoms with E-state index >= 15 is 0 Å². The second-order valence-electron chi connectivity index (χ2n) is 4.09. The molecule has 2 aromatic carbocycles. The Labute approximate surface area is 104 Å². The van der Waals surface area contributed by atoms with Crippen LogP contribution in [0.25, 0.3) is 22.2 Å². The smallest absolute Gasteiger partial charge is 0.146 e. The highest BCUT2D eigenvalue weighted by Gasteiger charge is 2.08. The molecule has 0 aliphatic carbocycles. The van der Waals surface area contributed by atoms with Gasteiger partial charge in [-0.15, -0.1) is 0 Å². The van der Waals surface area contributed by atoms with Gasteiger partial charge in [0, 0.05) is 10.9 Å². The Hall–Kier alpha value is -2.42. The van der Waals surface area contributed by atoms with E-state index in [-0.39, 0.29) is 5.69 Å². The summed E-state index contributed by atoms with van der Waals surface area (Å²) in [5.74, 6) is -0.414. The molecule has 0 amide bonds. The van der Waals surface area contributed by atoms with Crippen molar-refractivity contribution in [3.05, 3.63) is 60.4 Å². The van der Waals surface area contributed by atoms with Gasteiger partial charge in [-0.2, -0.15) is 0 Å². The highest BCUT2D eigenvalue weighted by atomic mass is 19.1. The molecule has 0 saturated carbocycles. The number of nitrogens with two attached hydrogens (primary N) is 1. The number of aromatic nitrogens is 1. The van der Waals surface area contributed by atoms with E-state index in [0.717, 1.165) is 10.9 Å². The molecule has 0 fully saturated rings. The highest BCUT2D eigenvalue weighted by molar-refractivity contribution is 5.83. The van der Waals surface area contributed by atoms with Crippen LogP contribution in [0.2, 0.25) is 0 Å². The Morgan fingerprint density at radius 3 is 2.61 bits per heavy atom. The monoisotopic (exact) mass is 238 g/mol. The van der Waals surface area contributed by atoms with E-state index in [2.05, 4.69) is 4.98 Å². The summed E-state index contributed by atoms with van der Waals surface area (Å²) in [6.07, 6.45) is 0. The van der Waals surface area contributed by atoms with Crippen molar-refractivity contribution in [3.63, 3.8) is 0 Å². The van der Waals surface area contributed by atoms with E-state index < -0.39 is 5.82 Å². The molecule has 18 heavy (non-hydrogen) atoms. The van der Waals surface area contributed by atoms with E-state index in [4.69, 9.17) is 5.73 Å². The Balaban J connectivity index is 2.22. The molecule has 88 valence electrons. The zero-order valence-corrected chi connectivity index (χ0v) is 9.60. The van der Waals surface area contributed by atoms with Crippen LogP contribution in [-0.4, -0.2) is 4.98 Å². The Morgan fingerprint density at radius 2 is 1.72 bits per heavy atom. The van der Waals surface area contributed by atoms with Gasteiger partial charge in [0.05, 0.1) is 16.9 Å². The van der Waals surface area contributed by atoms with E-state index in [0.29, 0.717) is 11.3 Å². The zero-order chi connectivity index (χ0) is 12.5. The van der Waals surface area contributed by atoms with Crippen molar-refractivity contribution in [3.8, 4) is 11.3 Å². The largest absolute Gasteiger partial charge is 0.396 e. The number of rotatable bonds is 1. The molecule has 0 bridgehead atoms. The molecule has 0 atom stereocenters. The molecule has 0 aliphatic heterocycles. The van der Waals surface area contributed by atoms with Crippen molar-refractivity contribution >= 4 is 16.6 Å². The molecule has 0 radical (unpaired) electrons. The minimum absolute atomic E-state index is 0.139. The number of pyridine rings is 1. The number of halogens is 1. The van der Waals surface area contributed by atoms with Crippen LogP contribution in [0, 0.1) is 5.82 Å². The molecule has 2 nitrogen and oxygen atoms in total. The number of nitrogen functional groups attached to an aromatic ring is 1. The van der Waals surface area contributed by atoms with Crippen LogP contribution in [0.15, 0.2) is 54.6 Å². The van der Waals surface area contributed by atoms with Gasteiger partial charge in [-0.05, 0) is 18.2 Å². The van der Waals surface area contributed by atoms with Gasteiger partial charge in [-0.1, -0.05) is 36.4 Å². The molecule has 3 rings (SSSR count). The first-order valence-corrected chi connectivity index (χ1v) is 5.66. The lowest BCUT2D eigenvalue weighted by molar-refractivity contribution is 0.633. The van der Waals surface area contributed by atoms with Gasteiger partial charge in [0.2, 0.25) is 0 Å². The molecule has 0 saturated heterocycles. The van der Waals surface area contributed by atoms with Gasteiger partial charge < -0.3 is 5.73 Å². The lowest BCUT2D eigenvalue weighted by Gasteiger charge is -2.06. The molecular weight excluding hydrogens is 227 g/mol. The maximum atomic E-state index is 13.4. The maximum Gasteiger partial charge on any atom is 0.146 e. The first kappa shape index (κ1) is 10.7. The fraction of sp³-hybridized carbons (Fsp3) is 0. The second kappa shape index (κ2) is 4.11. The Bertz CT molecular complexity index is 723. The van der Waals surface area contributed by atoms with Gasteiger partial charge in [0.25, 0.3) is 0 Å². The first-order valence-electron chi connectivity index (χ1n) is 5.66. The molecule has 3 aromatic rings. The number of fused-ring (bicyclic) bond motifs is 1. The van der Waals surface area contributed by atoms with E-state index in [1.807, 2.05) is 36.4 Å². The molecule has 1 heterocycles. The Morgan fingerprint density at radius 1 is 0.889 bits per heavy atom. The SMILES string of the molecule is Nc1c(F)cccc1-c1ccc2ccccc2n1. The zero-order valence-electron chi connectivity index (χ0n) is 9.60. The second-order valence-corrected chi connectivity index (χ2v) is 4.09. The lowest BCUT2D eigenvalue weighted by Crippen LogP contribution is -1.95. The molecule has 1 aromatic heterocycles. The third-order valence-corrected chi connectivity index (χ3v) is 2.93. The van der Waals surface area contributed by atoms with Crippen LogP contribution in [0.3, 0.4) is 0 Å². The molecule has 0 unspecified atom stereocenters. The predicted molar refractivity (Wildman–Crippen MR) is 71.5 cm³/mol. The quantitative estimate of drug-likeness (QED) is 0.657. The number of anilines is 1. The van der Waals surface area contributed by atoms with E-state index in [1.54, 1.807) is 12.1 Å². The summed E-state index contributed by atoms with van der Waals surface area (Å²) in [5.41, 5.74) is 8.07. The van der Waals surface area contributed by atoms with E-state index in [9.17, 15) is 4.39 Å². The number of nitrogens with zero attached hydrogens (tertiary/aromatic N) is 1. The number of benzene rings is 2. The summed E-state index contributed by atoms with van der Waals surface area (Å²) < 4.78 is 13.4. The normalized spacial score (nSPS) is 10.7. The molecular formula is C15H11FN2.